The zero-order valence-corrected chi connectivity index (χ0v) is 20.0. The number of nitrogens with one attached hydrogen (secondary N) is 1. The molecular weight excluding hydrogens is 463 g/mol. The second-order valence-electron chi connectivity index (χ2n) is 9.00. The lowest BCUT2D eigenvalue weighted by Gasteiger charge is -2.10. The number of benzene rings is 1. The molecule has 184 valence electrons. The molecular formula is C25H25FN8O2. The third-order valence-corrected chi connectivity index (χ3v) is 6.26. The molecule has 3 aromatic heterocycles. The van der Waals surface area contributed by atoms with Gasteiger partial charge in [0.05, 0.1) is 23.3 Å². The molecule has 1 aliphatic heterocycles. The van der Waals surface area contributed by atoms with Gasteiger partial charge in [-0.2, -0.15) is 10.4 Å². The van der Waals surface area contributed by atoms with E-state index in [0.717, 1.165) is 26.1 Å². The molecule has 1 atom stereocenters. The summed E-state index contributed by atoms with van der Waals surface area (Å²) in [6.07, 6.45) is 7.56. The Hall–Kier alpha value is -4.30. The molecule has 0 saturated carbocycles. The Morgan fingerprint density at radius 3 is 2.92 bits per heavy atom. The summed E-state index contributed by atoms with van der Waals surface area (Å²) >= 11 is 0. The summed E-state index contributed by atoms with van der Waals surface area (Å²) in [6, 6.07) is 6.37. The highest BCUT2D eigenvalue weighted by Gasteiger charge is 2.22. The fourth-order valence-electron chi connectivity index (χ4n) is 4.33. The van der Waals surface area contributed by atoms with Gasteiger partial charge in [-0.05, 0) is 43.1 Å². The van der Waals surface area contributed by atoms with Gasteiger partial charge in [0.1, 0.15) is 30.4 Å². The number of amides is 1. The van der Waals surface area contributed by atoms with Crippen molar-refractivity contribution >= 4 is 16.9 Å². The van der Waals surface area contributed by atoms with Crippen LogP contribution in [-0.4, -0.2) is 62.3 Å². The third-order valence-electron chi connectivity index (χ3n) is 6.26. The van der Waals surface area contributed by atoms with Gasteiger partial charge in [-0.3, -0.25) is 9.48 Å². The molecule has 4 aromatic rings. The second-order valence-corrected chi connectivity index (χ2v) is 9.00. The van der Waals surface area contributed by atoms with Gasteiger partial charge in [0.15, 0.2) is 5.75 Å². The van der Waals surface area contributed by atoms with Crippen molar-refractivity contribution in [1.82, 2.24) is 34.5 Å². The lowest BCUT2D eigenvalue weighted by molar-refractivity contribution is -0.129. The Morgan fingerprint density at radius 1 is 1.33 bits per heavy atom. The molecule has 10 nitrogen and oxygen atoms in total. The monoisotopic (exact) mass is 488 g/mol. The quantitative estimate of drug-likeness (QED) is 0.425. The van der Waals surface area contributed by atoms with Crippen molar-refractivity contribution in [2.24, 2.45) is 5.92 Å². The Bertz CT molecular complexity index is 1460. The van der Waals surface area contributed by atoms with Crippen LogP contribution < -0.4 is 10.1 Å². The molecule has 5 rings (SSSR count). The number of ether oxygens (including phenoxy) is 1. The molecule has 1 aliphatic rings. The molecule has 0 spiro atoms. The first-order valence-corrected chi connectivity index (χ1v) is 11.6. The van der Waals surface area contributed by atoms with Crippen LogP contribution in [0.4, 0.5) is 4.39 Å². The minimum absolute atomic E-state index is 0.0214. The van der Waals surface area contributed by atoms with Crippen LogP contribution in [0.2, 0.25) is 0 Å². The van der Waals surface area contributed by atoms with Crippen LogP contribution in [0.1, 0.15) is 12.0 Å². The Morgan fingerprint density at radius 2 is 2.19 bits per heavy atom. The van der Waals surface area contributed by atoms with Gasteiger partial charge in [0.2, 0.25) is 11.8 Å². The van der Waals surface area contributed by atoms with E-state index in [1.807, 2.05) is 16.8 Å². The summed E-state index contributed by atoms with van der Waals surface area (Å²) in [6.45, 7) is 2.71. The van der Waals surface area contributed by atoms with E-state index in [1.54, 1.807) is 26.4 Å². The number of nitrogens with zero attached hydrogens (tertiary/aromatic N) is 7. The second kappa shape index (κ2) is 9.75. The average Bonchev–Trinajstić information content (AvgIpc) is 3.61. The van der Waals surface area contributed by atoms with E-state index in [9.17, 15) is 9.18 Å². The number of fused-ring (bicyclic) bond motifs is 1. The molecule has 11 heteroatoms. The van der Waals surface area contributed by atoms with Crippen LogP contribution in [0.15, 0.2) is 43.1 Å². The van der Waals surface area contributed by atoms with Crippen LogP contribution in [0.25, 0.3) is 22.2 Å². The number of likely N-dealkylation sites (N-methyl/N-ethyl adjacent to an activating group) is 1. The maximum atomic E-state index is 14.5. The van der Waals surface area contributed by atoms with E-state index in [4.69, 9.17) is 10.00 Å². The van der Waals surface area contributed by atoms with Crippen molar-refractivity contribution in [3.8, 4) is 28.8 Å². The zero-order chi connectivity index (χ0) is 25.2. The SMILES string of the molecule is CN(C)C(=O)Cn1cc(Oc2ncnc3c2c(-c2ccc(C#N)c(F)c2)cn3CC2CCNC2)cn1. The van der Waals surface area contributed by atoms with Crippen LogP contribution in [-0.2, 0) is 17.9 Å². The van der Waals surface area contributed by atoms with Crippen LogP contribution in [0, 0.1) is 23.1 Å². The van der Waals surface area contributed by atoms with Gasteiger partial charge in [-0.15, -0.1) is 0 Å². The first-order chi connectivity index (χ1) is 17.4. The lowest BCUT2D eigenvalue weighted by atomic mass is 10.0. The van der Waals surface area contributed by atoms with Crippen molar-refractivity contribution < 1.29 is 13.9 Å². The number of rotatable bonds is 7. The summed E-state index contributed by atoms with van der Waals surface area (Å²) in [5.41, 5.74) is 1.94. The van der Waals surface area contributed by atoms with Crippen LogP contribution in [0.3, 0.4) is 0 Å². The fourth-order valence-corrected chi connectivity index (χ4v) is 4.33. The molecule has 1 amide bonds. The van der Waals surface area contributed by atoms with Crippen LogP contribution >= 0.6 is 0 Å². The third kappa shape index (κ3) is 4.63. The van der Waals surface area contributed by atoms with E-state index in [0.29, 0.717) is 39.7 Å². The van der Waals surface area contributed by atoms with Crippen molar-refractivity contribution in [2.75, 3.05) is 27.2 Å². The maximum absolute atomic E-state index is 14.5. The predicted octanol–water partition coefficient (Wildman–Crippen LogP) is 2.80. The lowest BCUT2D eigenvalue weighted by Crippen LogP contribution is -2.26. The summed E-state index contributed by atoms with van der Waals surface area (Å²) in [5.74, 6) is 0.450. The number of aromatic nitrogens is 5. The summed E-state index contributed by atoms with van der Waals surface area (Å²) in [5, 5.41) is 17.4. The van der Waals surface area contributed by atoms with Gasteiger partial charge in [0.25, 0.3) is 0 Å². The topological polar surface area (TPSA) is 114 Å². The molecule has 1 aromatic carbocycles. The summed E-state index contributed by atoms with van der Waals surface area (Å²) < 4.78 is 24.2. The van der Waals surface area contributed by atoms with E-state index in [1.165, 1.54) is 34.2 Å². The molecule has 0 radical (unpaired) electrons. The number of hydrogen-bond acceptors (Lipinski definition) is 7. The Labute approximate surface area is 206 Å². The van der Waals surface area contributed by atoms with Gasteiger partial charge in [-0.1, -0.05) is 6.07 Å². The zero-order valence-electron chi connectivity index (χ0n) is 20.0. The van der Waals surface area contributed by atoms with E-state index < -0.39 is 5.82 Å². The van der Waals surface area contributed by atoms with Crippen LogP contribution in [0.5, 0.6) is 11.6 Å². The van der Waals surface area contributed by atoms with Crippen molar-refractivity contribution in [3.05, 3.63) is 54.5 Å². The molecule has 36 heavy (non-hydrogen) atoms. The predicted molar refractivity (Wildman–Crippen MR) is 130 cm³/mol. The van der Waals surface area contributed by atoms with Gasteiger partial charge in [-0.25, -0.2) is 14.4 Å². The Kier molecular flexibility index (Phi) is 6.35. The summed E-state index contributed by atoms with van der Waals surface area (Å²) in [7, 11) is 3.36. The van der Waals surface area contributed by atoms with Gasteiger partial charge < -0.3 is 19.5 Å². The molecule has 0 bridgehead atoms. The summed E-state index contributed by atoms with van der Waals surface area (Å²) in [4.78, 5) is 22.4. The minimum Gasteiger partial charge on any atom is -0.435 e. The minimum atomic E-state index is -0.595. The first kappa shape index (κ1) is 23.4. The number of halogens is 1. The van der Waals surface area contributed by atoms with E-state index in [-0.39, 0.29) is 18.0 Å². The van der Waals surface area contributed by atoms with Crippen molar-refractivity contribution in [1.29, 1.82) is 5.26 Å². The standard InChI is InChI=1S/C25H25FN8O2/c1-32(2)22(35)14-34-12-19(10-31-34)36-25-23-20(17-3-4-18(8-27)21(26)7-17)13-33(24(23)29-15-30-25)11-16-5-6-28-9-16/h3-4,7,10,12-13,15-16,28H,5-6,9,11,14H2,1-2H3. The number of nitriles is 1. The van der Waals surface area contributed by atoms with Crippen molar-refractivity contribution in [3.63, 3.8) is 0 Å². The number of carbonyl (C=O) groups is 1. The first-order valence-electron chi connectivity index (χ1n) is 11.6. The molecule has 1 N–H and O–H groups in total. The highest BCUT2D eigenvalue weighted by molar-refractivity contribution is 5.97. The number of carbonyl (C=O) groups excluding carboxylic acids is 1. The highest BCUT2D eigenvalue weighted by Crippen LogP contribution is 2.37. The molecule has 1 saturated heterocycles. The van der Waals surface area contributed by atoms with E-state index >= 15 is 0 Å². The normalized spacial score (nSPS) is 15.2. The molecule has 1 fully saturated rings. The smallest absolute Gasteiger partial charge is 0.243 e. The molecule has 1 unspecified atom stereocenters. The van der Waals surface area contributed by atoms with Crippen molar-refractivity contribution in [2.45, 2.75) is 19.5 Å². The number of hydrogen-bond donors (Lipinski definition) is 1. The maximum Gasteiger partial charge on any atom is 0.243 e. The van der Waals surface area contributed by atoms with E-state index in [2.05, 4.69) is 20.4 Å². The fraction of sp³-hybridized carbons (Fsp3) is 0.320. The largest absolute Gasteiger partial charge is 0.435 e. The average molecular weight is 489 g/mol. The van der Waals surface area contributed by atoms with Gasteiger partial charge >= 0.3 is 0 Å². The Balaban J connectivity index is 1.56. The van der Waals surface area contributed by atoms with Gasteiger partial charge in [0, 0.05) is 32.4 Å². The molecule has 4 heterocycles. The highest BCUT2D eigenvalue weighted by atomic mass is 19.1. The molecule has 0 aliphatic carbocycles.